The Hall–Kier alpha value is -0.470. The van der Waals surface area contributed by atoms with Crippen molar-refractivity contribution in [1.29, 1.82) is 0 Å². The first-order chi connectivity index (χ1) is 6.60. The second kappa shape index (κ2) is 3.59. The van der Waals surface area contributed by atoms with E-state index in [0.29, 0.717) is 11.1 Å². The van der Waals surface area contributed by atoms with E-state index in [-0.39, 0.29) is 5.41 Å². The first-order valence-electron chi connectivity index (χ1n) is 5.07. The molecule has 0 radical (unpaired) electrons. The lowest BCUT2D eigenvalue weighted by atomic mass is 9.76. The SMILES string of the molecule is CC(C)(c1ccc(Cl)o1)C1CCNC1. The lowest BCUT2D eigenvalue weighted by Gasteiger charge is -2.28. The van der Waals surface area contributed by atoms with Crippen LogP contribution in [-0.2, 0) is 5.41 Å². The van der Waals surface area contributed by atoms with Crippen LogP contribution in [0.4, 0.5) is 0 Å². The summed E-state index contributed by atoms with van der Waals surface area (Å²) >= 11 is 5.79. The zero-order valence-corrected chi connectivity index (χ0v) is 9.40. The Balaban J connectivity index is 2.22. The van der Waals surface area contributed by atoms with Gasteiger partial charge < -0.3 is 9.73 Å². The molecule has 1 fully saturated rings. The Kier molecular flexibility index (Phi) is 2.58. The molecular formula is C11H16ClNO. The van der Waals surface area contributed by atoms with Crippen LogP contribution in [0.25, 0.3) is 0 Å². The van der Waals surface area contributed by atoms with E-state index >= 15 is 0 Å². The molecule has 3 heteroatoms. The average Bonchev–Trinajstić information content (AvgIpc) is 2.72. The van der Waals surface area contributed by atoms with E-state index in [1.54, 1.807) is 0 Å². The minimum Gasteiger partial charge on any atom is -0.449 e. The summed E-state index contributed by atoms with van der Waals surface area (Å²) in [7, 11) is 0. The summed E-state index contributed by atoms with van der Waals surface area (Å²) in [5.41, 5.74) is 0.0800. The molecule has 1 atom stereocenters. The van der Waals surface area contributed by atoms with Gasteiger partial charge in [0, 0.05) is 5.41 Å². The normalized spacial score (nSPS) is 22.9. The molecule has 14 heavy (non-hydrogen) atoms. The van der Waals surface area contributed by atoms with Crippen LogP contribution in [0.3, 0.4) is 0 Å². The van der Waals surface area contributed by atoms with E-state index in [2.05, 4.69) is 19.2 Å². The molecule has 1 aromatic rings. The molecule has 0 spiro atoms. The summed E-state index contributed by atoms with van der Waals surface area (Å²) < 4.78 is 5.50. The second-order valence-corrected chi connectivity index (χ2v) is 4.89. The molecule has 1 unspecified atom stereocenters. The lowest BCUT2D eigenvalue weighted by Crippen LogP contribution is -2.29. The predicted octanol–water partition coefficient (Wildman–Crippen LogP) is 2.82. The third-order valence-electron chi connectivity index (χ3n) is 3.29. The summed E-state index contributed by atoms with van der Waals surface area (Å²) in [6.45, 7) is 6.63. The van der Waals surface area contributed by atoms with Crippen LogP contribution in [0, 0.1) is 5.92 Å². The molecular weight excluding hydrogens is 198 g/mol. The zero-order valence-electron chi connectivity index (χ0n) is 8.64. The van der Waals surface area contributed by atoms with Crippen molar-refractivity contribution >= 4 is 11.6 Å². The fraction of sp³-hybridized carbons (Fsp3) is 0.636. The topological polar surface area (TPSA) is 25.2 Å². The van der Waals surface area contributed by atoms with Gasteiger partial charge >= 0.3 is 0 Å². The maximum Gasteiger partial charge on any atom is 0.193 e. The van der Waals surface area contributed by atoms with Gasteiger partial charge in [0.25, 0.3) is 0 Å². The van der Waals surface area contributed by atoms with Gasteiger partial charge in [-0.15, -0.1) is 0 Å². The van der Waals surface area contributed by atoms with Crippen molar-refractivity contribution in [2.45, 2.75) is 25.7 Å². The molecule has 1 aliphatic rings. The van der Waals surface area contributed by atoms with Crippen LogP contribution in [0.15, 0.2) is 16.5 Å². The summed E-state index contributed by atoms with van der Waals surface area (Å²) in [6.07, 6.45) is 1.21. The Morgan fingerprint density at radius 1 is 1.50 bits per heavy atom. The highest BCUT2D eigenvalue weighted by atomic mass is 35.5. The number of hydrogen-bond acceptors (Lipinski definition) is 2. The molecule has 0 saturated carbocycles. The van der Waals surface area contributed by atoms with Gasteiger partial charge in [0.2, 0.25) is 0 Å². The second-order valence-electron chi connectivity index (χ2n) is 4.52. The van der Waals surface area contributed by atoms with Gasteiger partial charge in [0.15, 0.2) is 5.22 Å². The van der Waals surface area contributed by atoms with Crippen LogP contribution in [0.1, 0.15) is 26.0 Å². The quantitative estimate of drug-likeness (QED) is 0.818. The number of halogens is 1. The van der Waals surface area contributed by atoms with Crippen LogP contribution in [0.5, 0.6) is 0 Å². The van der Waals surface area contributed by atoms with E-state index in [9.17, 15) is 0 Å². The van der Waals surface area contributed by atoms with Crippen molar-refractivity contribution in [2.75, 3.05) is 13.1 Å². The van der Waals surface area contributed by atoms with Gasteiger partial charge in [-0.2, -0.15) is 0 Å². The Bertz CT molecular complexity index is 313. The summed E-state index contributed by atoms with van der Waals surface area (Å²) in [5, 5.41) is 3.87. The monoisotopic (exact) mass is 213 g/mol. The minimum atomic E-state index is 0.0800. The van der Waals surface area contributed by atoms with Gasteiger partial charge in [-0.25, -0.2) is 0 Å². The maximum absolute atomic E-state index is 5.79. The van der Waals surface area contributed by atoms with Crippen LogP contribution in [-0.4, -0.2) is 13.1 Å². The summed E-state index contributed by atoms with van der Waals surface area (Å²) in [5.74, 6) is 1.64. The molecule has 0 aromatic carbocycles. The van der Waals surface area contributed by atoms with Crippen LogP contribution < -0.4 is 5.32 Å². The standard InChI is InChI=1S/C11H16ClNO/c1-11(2,8-5-6-13-7-8)9-3-4-10(12)14-9/h3-4,8,13H,5-7H2,1-2H3. The molecule has 0 aliphatic carbocycles. The third-order valence-corrected chi connectivity index (χ3v) is 3.49. The smallest absolute Gasteiger partial charge is 0.193 e. The Morgan fingerprint density at radius 2 is 2.29 bits per heavy atom. The molecule has 2 rings (SSSR count). The van der Waals surface area contributed by atoms with E-state index in [4.69, 9.17) is 16.0 Å². The fourth-order valence-corrected chi connectivity index (χ4v) is 2.28. The van der Waals surface area contributed by atoms with Crippen molar-refractivity contribution in [3.05, 3.63) is 23.1 Å². The minimum absolute atomic E-state index is 0.0800. The van der Waals surface area contributed by atoms with Crippen molar-refractivity contribution < 1.29 is 4.42 Å². The van der Waals surface area contributed by atoms with Crippen LogP contribution >= 0.6 is 11.6 Å². The molecule has 0 bridgehead atoms. The number of nitrogens with one attached hydrogen (secondary N) is 1. The van der Waals surface area contributed by atoms with Crippen molar-refractivity contribution in [1.82, 2.24) is 5.32 Å². The molecule has 0 amide bonds. The van der Waals surface area contributed by atoms with E-state index in [1.807, 2.05) is 12.1 Å². The molecule has 1 saturated heterocycles. The average molecular weight is 214 g/mol. The highest BCUT2D eigenvalue weighted by Gasteiger charge is 2.35. The summed E-state index contributed by atoms with van der Waals surface area (Å²) in [4.78, 5) is 0. The fourth-order valence-electron chi connectivity index (χ4n) is 2.13. The molecule has 2 nitrogen and oxygen atoms in total. The molecule has 1 aliphatic heterocycles. The van der Waals surface area contributed by atoms with E-state index in [1.165, 1.54) is 6.42 Å². The highest BCUT2D eigenvalue weighted by Crippen LogP contribution is 2.36. The van der Waals surface area contributed by atoms with Gasteiger partial charge in [-0.3, -0.25) is 0 Å². The van der Waals surface area contributed by atoms with Gasteiger partial charge in [-0.1, -0.05) is 13.8 Å². The highest BCUT2D eigenvalue weighted by molar-refractivity contribution is 6.28. The van der Waals surface area contributed by atoms with Crippen molar-refractivity contribution in [3.63, 3.8) is 0 Å². The molecule has 1 aromatic heterocycles. The number of furan rings is 1. The first-order valence-corrected chi connectivity index (χ1v) is 5.45. The Labute approximate surface area is 89.6 Å². The number of rotatable bonds is 2. The van der Waals surface area contributed by atoms with Gasteiger partial charge in [0.1, 0.15) is 5.76 Å². The van der Waals surface area contributed by atoms with Crippen LogP contribution in [0.2, 0.25) is 5.22 Å². The predicted molar refractivity (Wildman–Crippen MR) is 57.7 cm³/mol. The zero-order chi connectivity index (χ0) is 10.2. The molecule has 78 valence electrons. The van der Waals surface area contributed by atoms with Gasteiger partial charge in [-0.05, 0) is 49.2 Å². The maximum atomic E-state index is 5.79. The number of hydrogen-bond donors (Lipinski definition) is 1. The Morgan fingerprint density at radius 3 is 2.79 bits per heavy atom. The van der Waals surface area contributed by atoms with Gasteiger partial charge in [0.05, 0.1) is 0 Å². The van der Waals surface area contributed by atoms with Crippen molar-refractivity contribution in [3.8, 4) is 0 Å². The van der Waals surface area contributed by atoms with E-state index in [0.717, 1.165) is 18.8 Å². The van der Waals surface area contributed by atoms with Crippen molar-refractivity contribution in [2.24, 2.45) is 5.92 Å². The molecule has 2 heterocycles. The molecule has 1 N–H and O–H groups in total. The first kappa shape index (κ1) is 10.1. The third kappa shape index (κ3) is 1.69. The lowest BCUT2D eigenvalue weighted by molar-refractivity contribution is 0.282. The van der Waals surface area contributed by atoms with E-state index < -0.39 is 0 Å². The largest absolute Gasteiger partial charge is 0.449 e. The summed E-state index contributed by atoms with van der Waals surface area (Å²) in [6, 6.07) is 3.81.